The van der Waals surface area contributed by atoms with Crippen molar-refractivity contribution in [1.29, 1.82) is 5.41 Å². The van der Waals surface area contributed by atoms with Crippen LogP contribution in [0.15, 0.2) is 41.9 Å². The number of benzene rings is 1. The average molecular weight is 338 g/mol. The van der Waals surface area contributed by atoms with Crippen LogP contribution in [-0.4, -0.2) is 35.4 Å². The second-order valence-electron chi connectivity index (χ2n) is 6.35. The van der Waals surface area contributed by atoms with Gasteiger partial charge in [-0.1, -0.05) is 6.07 Å². The zero-order chi connectivity index (χ0) is 16.4. The number of likely N-dealkylation sites (tertiary alicyclic amines) is 1. The number of nitrogens with one attached hydrogen (secondary N) is 3. The monoisotopic (exact) mass is 338 g/mol. The Morgan fingerprint density at radius 3 is 2.92 bits per heavy atom. The molecule has 4 rings (SSSR count). The molecule has 3 heterocycles. The molecule has 0 atom stereocenters. The van der Waals surface area contributed by atoms with Gasteiger partial charge in [-0.15, -0.1) is 11.3 Å². The number of rotatable bonds is 5. The van der Waals surface area contributed by atoms with Crippen molar-refractivity contribution in [3.05, 3.63) is 52.3 Å². The van der Waals surface area contributed by atoms with Crippen LogP contribution in [0.1, 0.15) is 23.3 Å². The summed E-state index contributed by atoms with van der Waals surface area (Å²) in [6.45, 7) is 3.62. The highest BCUT2D eigenvalue weighted by Gasteiger charge is 2.13. The molecule has 4 nitrogen and oxygen atoms in total. The molecule has 0 radical (unpaired) electrons. The Morgan fingerprint density at radius 2 is 2.12 bits per heavy atom. The van der Waals surface area contributed by atoms with Gasteiger partial charge >= 0.3 is 0 Å². The standard InChI is InChI=1S/C19H22N4S/c20-19(18-4-3-11-24-18)22-15-5-6-17-16(12-15)14(13-21-17)7-10-23-8-1-2-9-23/h3-6,11-13,21H,1-2,7-10H2,(H2,20,22). The normalized spacial score (nSPS) is 15.2. The predicted molar refractivity (Wildman–Crippen MR) is 102 cm³/mol. The Morgan fingerprint density at radius 1 is 1.25 bits per heavy atom. The van der Waals surface area contributed by atoms with Crippen LogP contribution in [0.25, 0.3) is 10.9 Å². The largest absolute Gasteiger partial charge is 0.361 e. The van der Waals surface area contributed by atoms with Crippen LogP contribution in [0.4, 0.5) is 5.69 Å². The molecule has 124 valence electrons. The second kappa shape index (κ2) is 6.79. The lowest BCUT2D eigenvalue weighted by molar-refractivity contribution is 0.344. The van der Waals surface area contributed by atoms with Crippen molar-refractivity contribution in [3.63, 3.8) is 0 Å². The molecule has 3 N–H and O–H groups in total. The molecule has 3 aromatic rings. The van der Waals surface area contributed by atoms with Crippen LogP contribution in [-0.2, 0) is 6.42 Å². The minimum absolute atomic E-state index is 0.457. The van der Waals surface area contributed by atoms with Crippen molar-refractivity contribution < 1.29 is 0 Å². The summed E-state index contributed by atoms with van der Waals surface area (Å²) < 4.78 is 0. The maximum Gasteiger partial charge on any atom is 0.140 e. The number of fused-ring (bicyclic) bond motifs is 1. The number of hydrogen-bond acceptors (Lipinski definition) is 3. The van der Waals surface area contributed by atoms with E-state index in [9.17, 15) is 0 Å². The van der Waals surface area contributed by atoms with E-state index in [1.165, 1.54) is 42.4 Å². The lowest BCUT2D eigenvalue weighted by Crippen LogP contribution is -2.21. The SMILES string of the molecule is N=C(Nc1ccc2[nH]cc(CCN3CCCC3)c2c1)c1cccs1. The lowest BCUT2D eigenvalue weighted by atomic mass is 10.1. The molecule has 1 aliphatic rings. The number of H-pyrrole nitrogens is 1. The van der Waals surface area contributed by atoms with E-state index in [4.69, 9.17) is 5.41 Å². The zero-order valence-electron chi connectivity index (χ0n) is 13.6. The van der Waals surface area contributed by atoms with E-state index in [1.54, 1.807) is 11.3 Å². The fourth-order valence-corrected chi connectivity index (χ4v) is 4.00. The van der Waals surface area contributed by atoms with Crippen LogP contribution in [0.3, 0.4) is 0 Å². The molecule has 24 heavy (non-hydrogen) atoms. The second-order valence-corrected chi connectivity index (χ2v) is 7.30. The molecule has 1 aromatic carbocycles. The van der Waals surface area contributed by atoms with Gasteiger partial charge in [0.05, 0.1) is 4.88 Å². The predicted octanol–water partition coefficient (Wildman–Crippen LogP) is 4.31. The highest BCUT2D eigenvalue weighted by atomic mass is 32.1. The number of hydrogen-bond donors (Lipinski definition) is 3. The molecule has 0 aliphatic carbocycles. The summed E-state index contributed by atoms with van der Waals surface area (Å²) in [5.74, 6) is 0.457. The van der Waals surface area contributed by atoms with Gasteiger partial charge in [0.25, 0.3) is 0 Å². The van der Waals surface area contributed by atoms with Crippen molar-refractivity contribution in [2.75, 3.05) is 25.0 Å². The number of aromatic amines is 1. The first-order valence-corrected chi connectivity index (χ1v) is 9.39. The van der Waals surface area contributed by atoms with Crippen LogP contribution in [0, 0.1) is 5.41 Å². The van der Waals surface area contributed by atoms with Crippen LogP contribution in [0.2, 0.25) is 0 Å². The number of anilines is 1. The fraction of sp³-hybridized carbons (Fsp3) is 0.316. The van der Waals surface area contributed by atoms with E-state index in [-0.39, 0.29) is 0 Å². The summed E-state index contributed by atoms with van der Waals surface area (Å²) in [6, 6.07) is 10.2. The van der Waals surface area contributed by atoms with Crippen molar-refractivity contribution in [3.8, 4) is 0 Å². The third-order valence-electron chi connectivity index (χ3n) is 4.70. The minimum atomic E-state index is 0.457. The average Bonchev–Trinajstić information content (AvgIpc) is 3.34. The number of aromatic nitrogens is 1. The maximum atomic E-state index is 8.19. The Hall–Kier alpha value is -2.11. The number of nitrogens with zero attached hydrogens (tertiary/aromatic N) is 1. The number of amidine groups is 1. The van der Waals surface area contributed by atoms with Gasteiger partial charge in [-0.2, -0.15) is 0 Å². The molecule has 2 aromatic heterocycles. The van der Waals surface area contributed by atoms with E-state index in [0.29, 0.717) is 5.84 Å². The van der Waals surface area contributed by atoms with Gasteiger partial charge in [-0.25, -0.2) is 0 Å². The van der Waals surface area contributed by atoms with Gasteiger partial charge in [0, 0.05) is 29.3 Å². The molecule has 0 amide bonds. The van der Waals surface area contributed by atoms with Gasteiger partial charge in [0.2, 0.25) is 0 Å². The lowest BCUT2D eigenvalue weighted by Gasteiger charge is -2.13. The molecule has 0 bridgehead atoms. The Balaban J connectivity index is 1.50. The third kappa shape index (κ3) is 3.23. The zero-order valence-corrected chi connectivity index (χ0v) is 14.5. The topological polar surface area (TPSA) is 54.9 Å². The summed E-state index contributed by atoms with van der Waals surface area (Å²) >= 11 is 1.58. The molecule has 1 saturated heterocycles. The minimum Gasteiger partial charge on any atom is -0.361 e. The summed E-state index contributed by atoms with van der Waals surface area (Å²) in [5.41, 5.74) is 3.51. The van der Waals surface area contributed by atoms with Gasteiger partial charge in [-0.3, -0.25) is 5.41 Å². The Labute approximate surface area is 146 Å². The highest BCUT2D eigenvalue weighted by Crippen LogP contribution is 2.24. The molecule has 1 aliphatic heterocycles. The first-order valence-electron chi connectivity index (χ1n) is 8.51. The summed E-state index contributed by atoms with van der Waals surface area (Å²) in [5, 5.41) is 14.7. The molecule has 0 saturated carbocycles. The smallest absolute Gasteiger partial charge is 0.140 e. The molecule has 0 spiro atoms. The summed E-state index contributed by atoms with van der Waals surface area (Å²) in [4.78, 5) is 6.88. The first-order chi connectivity index (χ1) is 11.8. The van der Waals surface area contributed by atoms with E-state index < -0.39 is 0 Å². The molecule has 0 unspecified atom stereocenters. The molecule has 1 fully saturated rings. The van der Waals surface area contributed by atoms with E-state index in [0.717, 1.165) is 23.5 Å². The van der Waals surface area contributed by atoms with Gasteiger partial charge in [0.1, 0.15) is 5.84 Å². The van der Waals surface area contributed by atoms with Crippen molar-refractivity contribution in [2.45, 2.75) is 19.3 Å². The van der Waals surface area contributed by atoms with Crippen LogP contribution >= 0.6 is 11.3 Å². The van der Waals surface area contributed by atoms with Crippen LogP contribution in [0.5, 0.6) is 0 Å². The van der Waals surface area contributed by atoms with Crippen molar-refractivity contribution >= 4 is 33.8 Å². The molecular weight excluding hydrogens is 316 g/mol. The van der Waals surface area contributed by atoms with E-state index in [2.05, 4.69) is 33.5 Å². The van der Waals surface area contributed by atoms with Crippen molar-refractivity contribution in [1.82, 2.24) is 9.88 Å². The third-order valence-corrected chi connectivity index (χ3v) is 5.59. The van der Waals surface area contributed by atoms with Gasteiger partial charge in [0.15, 0.2) is 0 Å². The van der Waals surface area contributed by atoms with Crippen LogP contribution < -0.4 is 5.32 Å². The first kappa shape index (κ1) is 15.4. The molecule has 5 heteroatoms. The van der Waals surface area contributed by atoms with E-state index >= 15 is 0 Å². The van der Waals surface area contributed by atoms with Crippen molar-refractivity contribution in [2.24, 2.45) is 0 Å². The van der Waals surface area contributed by atoms with Gasteiger partial charge in [-0.05, 0) is 67.6 Å². The van der Waals surface area contributed by atoms with E-state index in [1.807, 2.05) is 23.6 Å². The Kier molecular flexibility index (Phi) is 4.36. The van der Waals surface area contributed by atoms with Gasteiger partial charge < -0.3 is 15.2 Å². The summed E-state index contributed by atoms with van der Waals surface area (Å²) in [6.07, 6.45) is 5.89. The summed E-state index contributed by atoms with van der Waals surface area (Å²) in [7, 11) is 0. The molecular formula is C19H22N4S. The Bertz CT molecular complexity index is 828. The fourth-order valence-electron chi connectivity index (χ4n) is 3.37. The quantitative estimate of drug-likeness (QED) is 0.480. The highest BCUT2D eigenvalue weighted by molar-refractivity contribution is 7.12. The number of thiophene rings is 1. The maximum absolute atomic E-state index is 8.19.